The summed E-state index contributed by atoms with van der Waals surface area (Å²) in [5.41, 5.74) is 1.92. The minimum absolute atomic E-state index is 0.825. The number of ether oxygens (including phenoxy) is 1. The van der Waals surface area contributed by atoms with Crippen LogP contribution in [-0.2, 0) is 0 Å². The number of anilines is 1. The first-order valence-corrected chi connectivity index (χ1v) is 8.59. The fraction of sp³-hybridized carbons (Fsp3) is 0.300. The van der Waals surface area contributed by atoms with E-state index in [0.29, 0.717) is 0 Å². The third kappa shape index (κ3) is 3.03. The SMILES string of the molecule is COc1cccc(-c2nnc(N3CCN(C)CC3)c3ccccc23)c1. The maximum atomic E-state index is 5.36. The summed E-state index contributed by atoms with van der Waals surface area (Å²) in [7, 11) is 3.84. The summed E-state index contributed by atoms with van der Waals surface area (Å²) in [6, 6.07) is 16.4. The first-order chi connectivity index (χ1) is 12.3. The zero-order chi connectivity index (χ0) is 17.2. The lowest BCUT2D eigenvalue weighted by Gasteiger charge is -2.33. The molecule has 2 aromatic carbocycles. The molecule has 0 spiro atoms. The second kappa shape index (κ2) is 6.69. The van der Waals surface area contributed by atoms with E-state index >= 15 is 0 Å². The topological polar surface area (TPSA) is 41.5 Å². The summed E-state index contributed by atoms with van der Waals surface area (Å²) in [5.74, 6) is 1.81. The highest BCUT2D eigenvalue weighted by Crippen LogP contribution is 2.32. The quantitative estimate of drug-likeness (QED) is 0.736. The number of benzene rings is 2. The minimum atomic E-state index is 0.825. The zero-order valence-electron chi connectivity index (χ0n) is 14.6. The molecule has 128 valence electrons. The summed E-state index contributed by atoms with van der Waals surface area (Å²) in [5, 5.41) is 11.5. The van der Waals surface area contributed by atoms with Crippen molar-refractivity contribution in [2.24, 2.45) is 0 Å². The van der Waals surface area contributed by atoms with Gasteiger partial charge >= 0.3 is 0 Å². The molecular formula is C20H22N4O. The zero-order valence-corrected chi connectivity index (χ0v) is 14.6. The molecule has 1 saturated heterocycles. The molecule has 1 aromatic heterocycles. The van der Waals surface area contributed by atoms with Crippen molar-refractivity contribution in [3.05, 3.63) is 48.5 Å². The van der Waals surface area contributed by atoms with Gasteiger partial charge in [-0.3, -0.25) is 0 Å². The fourth-order valence-electron chi connectivity index (χ4n) is 3.33. The third-order valence-electron chi connectivity index (χ3n) is 4.81. The van der Waals surface area contributed by atoms with Gasteiger partial charge in [0.1, 0.15) is 11.4 Å². The van der Waals surface area contributed by atoms with Crippen LogP contribution in [0.2, 0.25) is 0 Å². The van der Waals surface area contributed by atoms with Crippen LogP contribution < -0.4 is 9.64 Å². The van der Waals surface area contributed by atoms with Crippen LogP contribution in [-0.4, -0.2) is 55.4 Å². The summed E-state index contributed by atoms with van der Waals surface area (Å²) < 4.78 is 5.36. The highest BCUT2D eigenvalue weighted by Gasteiger charge is 2.19. The van der Waals surface area contributed by atoms with Crippen molar-refractivity contribution in [3.8, 4) is 17.0 Å². The molecule has 1 fully saturated rings. The van der Waals surface area contributed by atoms with E-state index in [0.717, 1.165) is 59.8 Å². The lowest BCUT2D eigenvalue weighted by Crippen LogP contribution is -2.45. The van der Waals surface area contributed by atoms with Gasteiger partial charge in [0.05, 0.1) is 7.11 Å². The summed E-state index contributed by atoms with van der Waals surface area (Å²) in [4.78, 5) is 4.68. The molecular weight excluding hydrogens is 312 g/mol. The highest BCUT2D eigenvalue weighted by atomic mass is 16.5. The summed E-state index contributed by atoms with van der Waals surface area (Å²) in [6.07, 6.45) is 0. The lowest BCUT2D eigenvalue weighted by molar-refractivity contribution is 0.312. The van der Waals surface area contributed by atoms with Gasteiger partial charge in [0.15, 0.2) is 5.82 Å². The van der Waals surface area contributed by atoms with Crippen LogP contribution in [0.5, 0.6) is 5.75 Å². The van der Waals surface area contributed by atoms with E-state index in [9.17, 15) is 0 Å². The first kappa shape index (κ1) is 15.8. The average molecular weight is 334 g/mol. The number of fused-ring (bicyclic) bond motifs is 1. The molecule has 25 heavy (non-hydrogen) atoms. The molecule has 5 nitrogen and oxygen atoms in total. The van der Waals surface area contributed by atoms with Gasteiger partial charge in [0.2, 0.25) is 0 Å². The van der Waals surface area contributed by atoms with E-state index in [4.69, 9.17) is 4.74 Å². The molecule has 1 aliphatic rings. The van der Waals surface area contributed by atoms with Crippen LogP contribution in [0.1, 0.15) is 0 Å². The van der Waals surface area contributed by atoms with Crippen molar-refractivity contribution in [2.45, 2.75) is 0 Å². The van der Waals surface area contributed by atoms with Crippen LogP contribution >= 0.6 is 0 Å². The molecule has 0 N–H and O–H groups in total. The molecule has 0 aliphatic carbocycles. The number of rotatable bonds is 3. The van der Waals surface area contributed by atoms with Crippen molar-refractivity contribution in [2.75, 3.05) is 45.2 Å². The van der Waals surface area contributed by atoms with Gasteiger partial charge < -0.3 is 14.5 Å². The van der Waals surface area contributed by atoms with Crippen molar-refractivity contribution >= 4 is 16.6 Å². The van der Waals surface area contributed by atoms with Gasteiger partial charge in [-0.1, -0.05) is 36.4 Å². The Morgan fingerprint density at radius 1 is 0.880 bits per heavy atom. The van der Waals surface area contributed by atoms with Gasteiger partial charge in [-0.15, -0.1) is 10.2 Å². The molecule has 0 unspecified atom stereocenters. The van der Waals surface area contributed by atoms with E-state index in [2.05, 4.69) is 57.4 Å². The van der Waals surface area contributed by atoms with Gasteiger partial charge in [0, 0.05) is 42.5 Å². The second-order valence-electron chi connectivity index (χ2n) is 6.44. The molecule has 3 aromatic rings. The van der Waals surface area contributed by atoms with Crippen LogP contribution in [0.25, 0.3) is 22.0 Å². The van der Waals surface area contributed by atoms with E-state index in [1.54, 1.807) is 7.11 Å². The normalized spacial score (nSPS) is 15.5. The Morgan fingerprint density at radius 3 is 2.40 bits per heavy atom. The van der Waals surface area contributed by atoms with Gasteiger partial charge in [0.25, 0.3) is 0 Å². The largest absolute Gasteiger partial charge is 0.497 e. The van der Waals surface area contributed by atoms with E-state index in [1.165, 1.54) is 0 Å². The second-order valence-corrected chi connectivity index (χ2v) is 6.44. The van der Waals surface area contributed by atoms with Crippen LogP contribution in [0, 0.1) is 0 Å². The number of methoxy groups -OCH3 is 1. The third-order valence-corrected chi connectivity index (χ3v) is 4.81. The Labute approximate surface area is 147 Å². The predicted octanol–water partition coefficient (Wildman–Crippen LogP) is 3.06. The Bertz CT molecular complexity index is 888. The lowest BCUT2D eigenvalue weighted by atomic mass is 10.0. The number of hydrogen-bond acceptors (Lipinski definition) is 5. The fourth-order valence-corrected chi connectivity index (χ4v) is 3.33. The summed E-state index contributed by atoms with van der Waals surface area (Å²) >= 11 is 0. The van der Waals surface area contributed by atoms with Gasteiger partial charge in [-0.25, -0.2) is 0 Å². The number of likely N-dealkylation sites (N-methyl/N-ethyl adjacent to an activating group) is 1. The molecule has 2 heterocycles. The molecule has 5 heteroatoms. The molecule has 0 amide bonds. The predicted molar refractivity (Wildman–Crippen MR) is 101 cm³/mol. The smallest absolute Gasteiger partial charge is 0.159 e. The Kier molecular flexibility index (Phi) is 4.24. The molecule has 1 aliphatic heterocycles. The number of piperazine rings is 1. The maximum Gasteiger partial charge on any atom is 0.159 e. The minimum Gasteiger partial charge on any atom is -0.497 e. The number of hydrogen-bond donors (Lipinski definition) is 0. The average Bonchev–Trinajstić information content (AvgIpc) is 2.68. The van der Waals surface area contributed by atoms with E-state index < -0.39 is 0 Å². The van der Waals surface area contributed by atoms with Crippen molar-refractivity contribution in [1.82, 2.24) is 15.1 Å². The number of aromatic nitrogens is 2. The highest BCUT2D eigenvalue weighted by molar-refractivity contribution is 6.00. The Balaban J connectivity index is 1.81. The molecule has 4 rings (SSSR count). The van der Waals surface area contributed by atoms with Gasteiger partial charge in [-0.05, 0) is 19.2 Å². The monoisotopic (exact) mass is 334 g/mol. The molecule has 0 atom stereocenters. The van der Waals surface area contributed by atoms with Crippen molar-refractivity contribution in [3.63, 3.8) is 0 Å². The van der Waals surface area contributed by atoms with Crippen molar-refractivity contribution < 1.29 is 4.74 Å². The summed E-state index contributed by atoms with van der Waals surface area (Å²) in [6.45, 7) is 4.06. The van der Waals surface area contributed by atoms with Crippen LogP contribution in [0.15, 0.2) is 48.5 Å². The molecule has 0 bridgehead atoms. The Morgan fingerprint density at radius 2 is 1.64 bits per heavy atom. The number of nitrogens with zero attached hydrogens (tertiary/aromatic N) is 4. The molecule has 0 radical (unpaired) electrons. The van der Waals surface area contributed by atoms with E-state index in [-0.39, 0.29) is 0 Å². The van der Waals surface area contributed by atoms with E-state index in [1.807, 2.05) is 18.2 Å². The molecule has 0 saturated carbocycles. The van der Waals surface area contributed by atoms with Crippen LogP contribution in [0.4, 0.5) is 5.82 Å². The van der Waals surface area contributed by atoms with Crippen molar-refractivity contribution in [1.29, 1.82) is 0 Å². The maximum absolute atomic E-state index is 5.36. The van der Waals surface area contributed by atoms with Crippen LogP contribution in [0.3, 0.4) is 0 Å². The van der Waals surface area contributed by atoms with Gasteiger partial charge in [-0.2, -0.15) is 0 Å². The standard InChI is InChI=1S/C20H22N4O/c1-23-10-12-24(13-11-23)20-18-9-4-3-8-17(18)19(21-22-20)15-6-5-7-16(14-15)25-2/h3-9,14H,10-13H2,1-2H3. The Hall–Kier alpha value is -2.66. The first-order valence-electron chi connectivity index (χ1n) is 8.59.